The predicted octanol–water partition coefficient (Wildman–Crippen LogP) is 3.83. The van der Waals surface area contributed by atoms with Gasteiger partial charge in [0.1, 0.15) is 10.8 Å². The predicted molar refractivity (Wildman–Crippen MR) is 98.5 cm³/mol. The number of hydrogen-bond donors (Lipinski definition) is 0. The van der Waals surface area contributed by atoms with Gasteiger partial charge < -0.3 is 4.74 Å². The Bertz CT molecular complexity index is 964. The number of methoxy groups -OCH3 is 1. The number of sulfonamides is 1. The second-order valence-corrected chi connectivity index (χ2v) is 8.92. The monoisotopic (exact) mass is 374 g/mol. The molecule has 0 N–H and O–H groups in total. The normalized spacial score (nSPS) is 18.7. The lowest BCUT2D eigenvalue weighted by Gasteiger charge is -2.22. The maximum Gasteiger partial charge on any atom is 0.243 e. The zero-order valence-corrected chi connectivity index (χ0v) is 15.4. The number of rotatable bonds is 4. The number of nitrogens with zero attached hydrogens (tertiary/aromatic N) is 2. The molecule has 1 saturated heterocycles. The van der Waals surface area contributed by atoms with Crippen molar-refractivity contribution in [2.24, 2.45) is 0 Å². The average Bonchev–Trinajstić information content (AvgIpc) is 3.28. The van der Waals surface area contributed by atoms with Gasteiger partial charge in [0, 0.05) is 6.54 Å². The fraction of sp³-hybridized carbons (Fsp3) is 0.278. The van der Waals surface area contributed by atoms with Gasteiger partial charge in [0.25, 0.3) is 0 Å². The standard InChI is InChI=1S/C18H18N2O3S2/c1-23-13-8-10-14(11-9-13)25(21,22)20-12-4-6-16(20)18-19-15-5-2-3-7-17(15)24-18/h2-3,5,7-11,16H,4,6,12H2,1H3/t16-/m0/s1. The summed E-state index contributed by atoms with van der Waals surface area (Å²) in [5, 5.41) is 0.871. The summed E-state index contributed by atoms with van der Waals surface area (Å²) in [5.74, 6) is 0.642. The van der Waals surface area contributed by atoms with Crippen LogP contribution in [0.5, 0.6) is 5.75 Å². The molecule has 1 aliphatic rings. The summed E-state index contributed by atoms with van der Waals surface area (Å²) in [5.41, 5.74) is 0.927. The molecule has 0 unspecified atom stereocenters. The van der Waals surface area contributed by atoms with Crippen LogP contribution in [-0.4, -0.2) is 31.4 Å². The van der Waals surface area contributed by atoms with E-state index < -0.39 is 10.0 Å². The Kier molecular flexibility index (Phi) is 4.23. The second-order valence-electron chi connectivity index (χ2n) is 5.97. The van der Waals surface area contributed by atoms with Crippen LogP contribution in [0, 0.1) is 0 Å². The highest BCUT2D eigenvalue weighted by atomic mass is 32.2. The largest absolute Gasteiger partial charge is 0.497 e. The molecular formula is C18H18N2O3S2. The van der Waals surface area contributed by atoms with Gasteiger partial charge in [0.05, 0.1) is 28.3 Å². The molecule has 7 heteroatoms. The van der Waals surface area contributed by atoms with E-state index in [9.17, 15) is 8.42 Å². The minimum atomic E-state index is -3.55. The van der Waals surface area contributed by atoms with E-state index in [0.29, 0.717) is 17.2 Å². The molecule has 130 valence electrons. The Balaban J connectivity index is 1.70. The van der Waals surface area contributed by atoms with Crippen LogP contribution in [0.3, 0.4) is 0 Å². The van der Waals surface area contributed by atoms with Crippen LogP contribution >= 0.6 is 11.3 Å². The summed E-state index contributed by atoms with van der Waals surface area (Å²) in [6, 6.07) is 14.3. The first-order chi connectivity index (χ1) is 12.1. The summed E-state index contributed by atoms with van der Waals surface area (Å²) in [6.07, 6.45) is 1.64. The molecule has 4 rings (SSSR count). The molecule has 1 aromatic heterocycles. The maximum atomic E-state index is 13.1. The van der Waals surface area contributed by atoms with Crippen LogP contribution in [0.4, 0.5) is 0 Å². The molecule has 0 saturated carbocycles. The van der Waals surface area contributed by atoms with E-state index in [1.165, 1.54) is 0 Å². The zero-order valence-electron chi connectivity index (χ0n) is 13.8. The van der Waals surface area contributed by atoms with E-state index in [1.54, 1.807) is 47.0 Å². The SMILES string of the molecule is COc1ccc(S(=O)(=O)N2CCC[C@H]2c2nc3ccccc3s2)cc1. The number of fused-ring (bicyclic) bond motifs is 1. The molecule has 25 heavy (non-hydrogen) atoms. The minimum absolute atomic E-state index is 0.190. The Morgan fingerprint density at radius 1 is 1.16 bits per heavy atom. The quantitative estimate of drug-likeness (QED) is 0.696. The fourth-order valence-electron chi connectivity index (χ4n) is 3.19. The van der Waals surface area contributed by atoms with Crippen molar-refractivity contribution in [1.82, 2.24) is 9.29 Å². The first-order valence-electron chi connectivity index (χ1n) is 8.11. The molecule has 2 aromatic carbocycles. The summed E-state index contributed by atoms with van der Waals surface area (Å²) in [7, 11) is -1.99. The Labute approximate surface area is 150 Å². The van der Waals surface area contributed by atoms with Crippen LogP contribution in [0.1, 0.15) is 23.9 Å². The van der Waals surface area contributed by atoms with Gasteiger partial charge in [-0.2, -0.15) is 4.31 Å². The van der Waals surface area contributed by atoms with Crippen molar-refractivity contribution in [1.29, 1.82) is 0 Å². The van der Waals surface area contributed by atoms with Crippen molar-refractivity contribution in [3.8, 4) is 5.75 Å². The van der Waals surface area contributed by atoms with Gasteiger partial charge in [-0.05, 0) is 49.2 Å². The lowest BCUT2D eigenvalue weighted by molar-refractivity contribution is 0.395. The van der Waals surface area contributed by atoms with E-state index in [1.807, 2.05) is 24.3 Å². The minimum Gasteiger partial charge on any atom is -0.497 e. The third-order valence-corrected chi connectivity index (χ3v) is 7.53. The molecule has 0 radical (unpaired) electrons. The first kappa shape index (κ1) is 16.5. The van der Waals surface area contributed by atoms with Crippen LogP contribution in [-0.2, 0) is 10.0 Å². The van der Waals surface area contributed by atoms with E-state index in [4.69, 9.17) is 4.74 Å². The van der Waals surface area contributed by atoms with Crippen LogP contribution in [0.2, 0.25) is 0 Å². The van der Waals surface area contributed by atoms with Gasteiger partial charge in [0.15, 0.2) is 0 Å². The van der Waals surface area contributed by atoms with E-state index in [-0.39, 0.29) is 6.04 Å². The molecule has 0 aliphatic carbocycles. The van der Waals surface area contributed by atoms with Crippen molar-refractivity contribution in [3.63, 3.8) is 0 Å². The molecule has 1 atom stereocenters. The molecule has 1 aliphatic heterocycles. The van der Waals surface area contributed by atoms with E-state index in [2.05, 4.69) is 4.98 Å². The van der Waals surface area contributed by atoms with Gasteiger partial charge in [-0.25, -0.2) is 13.4 Å². The topological polar surface area (TPSA) is 59.5 Å². The fourth-order valence-corrected chi connectivity index (χ4v) is 6.03. The number of para-hydroxylation sites is 1. The van der Waals surface area contributed by atoms with Crippen LogP contribution in [0.25, 0.3) is 10.2 Å². The van der Waals surface area contributed by atoms with Crippen molar-refractivity contribution in [2.75, 3.05) is 13.7 Å². The molecule has 0 bridgehead atoms. The molecule has 0 amide bonds. The van der Waals surface area contributed by atoms with Crippen molar-refractivity contribution >= 4 is 31.6 Å². The zero-order chi connectivity index (χ0) is 17.4. The lowest BCUT2D eigenvalue weighted by Crippen LogP contribution is -2.30. The van der Waals surface area contributed by atoms with Crippen molar-refractivity contribution in [2.45, 2.75) is 23.8 Å². The van der Waals surface area contributed by atoms with Gasteiger partial charge >= 0.3 is 0 Å². The maximum absolute atomic E-state index is 13.1. The summed E-state index contributed by atoms with van der Waals surface area (Å²) in [4.78, 5) is 4.96. The van der Waals surface area contributed by atoms with Crippen molar-refractivity contribution < 1.29 is 13.2 Å². The van der Waals surface area contributed by atoms with Gasteiger partial charge in [-0.3, -0.25) is 0 Å². The summed E-state index contributed by atoms with van der Waals surface area (Å²) in [6.45, 7) is 0.523. The number of hydrogen-bond acceptors (Lipinski definition) is 5. The van der Waals surface area contributed by atoms with Crippen molar-refractivity contribution in [3.05, 3.63) is 53.5 Å². The smallest absolute Gasteiger partial charge is 0.243 e. The molecular weight excluding hydrogens is 356 g/mol. The molecule has 1 fully saturated rings. The first-order valence-corrected chi connectivity index (χ1v) is 10.4. The van der Waals surface area contributed by atoms with E-state index >= 15 is 0 Å². The molecule has 2 heterocycles. The van der Waals surface area contributed by atoms with Crippen LogP contribution < -0.4 is 4.74 Å². The molecule has 0 spiro atoms. The second kappa shape index (κ2) is 6.40. The van der Waals surface area contributed by atoms with E-state index in [0.717, 1.165) is 28.1 Å². The summed E-state index contributed by atoms with van der Waals surface area (Å²) >= 11 is 1.58. The number of aromatic nitrogens is 1. The molecule has 3 aromatic rings. The number of benzene rings is 2. The van der Waals surface area contributed by atoms with Gasteiger partial charge in [-0.15, -0.1) is 11.3 Å². The molecule has 5 nitrogen and oxygen atoms in total. The number of ether oxygens (including phenoxy) is 1. The third kappa shape index (κ3) is 2.92. The van der Waals surface area contributed by atoms with Crippen LogP contribution in [0.15, 0.2) is 53.4 Å². The highest BCUT2D eigenvalue weighted by Crippen LogP contribution is 2.39. The average molecular weight is 374 g/mol. The Hall–Kier alpha value is -1.96. The number of thiazole rings is 1. The highest BCUT2D eigenvalue weighted by molar-refractivity contribution is 7.89. The summed E-state index contributed by atoms with van der Waals surface area (Å²) < 4.78 is 34.0. The van der Waals surface area contributed by atoms with Gasteiger partial charge in [-0.1, -0.05) is 12.1 Å². The Morgan fingerprint density at radius 3 is 2.64 bits per heavy atom. The Morgan fingerprint density at radius 2 is 1.92 bits per heavy atom. The highest BCUT2D eigenvalue weighted by Gasteiger charge is 2.37. The lowest BCUT2D eigenvalue weighted by atomic mass is 10.2. The van der Waals surface area contributed by atoms with Gasteiger partial charge in [0.2, 0.25) is 10.0 Å². The third-order valence-electron chi connectivity index (χ3n) is 4.47.